The second-order valence-electron chi connectivity index (χ2n) is 4.06. The number of hydrogen-bond acceptors (Lipinski definition) is 4. The van der Waals surface area contributed by atoms with E-state index in [2.05, 4.69) is 4.98 Å². The van der Waals surface area contributed by atoms with Gasteiger partial charge in [0.2, 0.25) is 0 Å². The molecule has 100 valence electrons. The van der Waals surface area contributed by atoms with Crippen LogP contribution >= 0.6 is 0 Å². The summed E-state index contributed by atoms with van der Waals surface area (Å²) >= 11 is 0. The van der Waals surface area contributed by atoms with Crippen LogP contribution in [-0.4, -0.2) is 33.3 Å². The van der Waals surface area contributed by atoms with E-state index in [1.807, 2.05) is 10.8 Å². The lowest BCUT2D eigenvalue weighted by Crippen LogP contribution is -2.32. The SMILES string of the molecule is OB(O)c1ccc(OCCCn2ccnc2)cc1F. The van der Waals surface area contributed by atoms with E-state index in [0.717, 1.165) is 19.0 Å². The number of imidazole rings is 1. The average Bonchev–Trinajstić information content (AvgIpc) is 2.87. The van der Waals surface area contributed by atoms with Crippen molar-refractivity contribution in [2.75, 3.05) is 6.61 Å². The van der Waals surface area contributed by atoms with Gasteiger partial charge < -0.3 is 19.4 Å². The highest BCUT2D eigenvalue weighted by atomic mass is 19.1. The van der Waals surface area contributed by atoms with Gasteiger partial charge in [-0.25, -0.2) is 9.37 Å². The Morgan fingerprint density at radius 2 is 2.21 bits per heavy atom. The molecule has 0 bridgehead atoms. The zero-order chi connectivity index (χ0) is 13.7. The highest BCUT2D eigenvalue weighted by Gasteiger charge is 2.16. The van der Waals surface area contributed by atoms with Crippen LogP contribution < -0.4 is 10.2 Å². The molecule has 5 nitrogen and oxygen atoms in total. The second-order valence-corrected chi connectivity index (χ2v) is 4.06. The number of nitrogens with zero attached hydrogens (tertiary/aromatic N) is 2. The molecule has 0 saturated carbocycles. The number of aromatic nitrogens is 2. The van der Waals surface area contributed by atoms with E-state index in [-0.39, 0.29) is 5.46 Å². The lowest BCUT2D eigenvalue weighted by Gasteiger charge is -2.08. The fourth-order valence-electron chi connectivity index (χ4n) is 1.66. The van der Waals surface area contributed by atoms with Crippen LogP contribution in [0.4, 0.5) is 4.39 Å². The molecule has 2 rings (SSSR count). The molecule has 1 heterocycles. The van der Waals surface area contributed by atoms with Crippen molar-refractivity contribution < 1.29 is 19.2 Å². The molecule has 0 saturated heterocycles. The van der Waals surface area contributed by atoms with E-state index in [1.54, 1.807) is 12.5 Å². The van der Waals surface area contributed by atoms with Crippen molar-refractivity contribution >= 4 is 12.6 Å². The van der Waals surface area contributed by atoms with E-state index in [0.29, 0.717) is 12.4 Å². The maximum Gasteiger partial charge on any atom is 0.491 e. The fourth-order valence-corrected chi connectivity index (χ4v) is 1.66. The van der Waals surface area contributed by atoms with Crippen molar-refractivity contribution in [1.82, 2.24) is 9.55 Å². The molecule has 0 atom stereocenters. The molecule has 0 fully saturated rings. The van der Waals surface area contributed by atoms with Crippen molar-refractivity contribution in [3.8, 4) is 5.75 Å². The van der Waals surface area contributed by atoms with Crippen LogP contribution in [0.3, 0.4) is 0 Å². The van der Waals surface area contributed by atoms with Crippen LogP contribution in [-0.2, 0) is 6.54 Å². The largest absolute Gasteiger partial charge is 0.493 e. The Kier molecular flexibility index (Phi) is 4.54. The van der Waals surface area contributed by atoms with E-state index in [1.165, 1.54) is 12.1 Å². The first-order valence-corrected chi connectivity index (χ1v) is 5.91. The van der Waals surface area contributed by atoms with Gasteiger partial charge in [0.05, 0.1) is 12.9 Å². The normalized spacial score (nSPS) is 10.5. The third kappa shape index (κ3) is 3.80. The van der Waals surface area contributed by atoms with E-state index in [9.17, 15) is 4.39 Å². The van der Waals surface area contributed by atoms with Crippen molar-refractivity contribution in [1.29, 1.82) is 0 Å². The molecule has 0 aliphatic heterocycles. The molecule has 0 spiro atoms. The van der Waals surface area contributed by atoms with Gasteiger partial charge in [0.15, 0.2) is 0 Å². The van der Waals surface area contributed by atoms with Gasteiger partial charge in [-0.2, -0.15) is 0 Å². The van der Waals surface area contributed by atoms with Gasteiger partial charge in [-0.3, -0.25) is 0 Å². The topological polar surface area (TPSA) is 67.5 Å². The molecule has 2 N–H and O–H groups in total. The summed E-state index contributed by atoms with van der Waals surface area (Å²) in [6, 6.07) is 3.95. The summed E-state index contributed by atoms with van der Waals surface area (Å²) in [5.41, 5.74) is -0.161. The summed E-state index contributed by atoms with van der Waals surface area (Å²) in [6.07, 6.45) is 6.05. The van der Waals surface area contributed by atoms with Crippen LogP contribution in [0.5, 0.6) is 5.75 Å². The molecule has 2 aromatic rings. The minimum absolute atomic E-state index is 0.161. The van der Waals surface area contributed by atoms with Crippen molar-refractivity contribution in [2.24, 2.45) is 0 Å². The Morgan fingerprint density at radius 1 is 1.37 bits per heavy atom. The molecule has 0 aliphatic carbocycles. The zero-order valence-corrected chi connectivity index (χ0v) is 10.2. The summed E-state index contributed by atoms with van der Waals surface area (Å²) in [5.74, 6) is -0.324. The number of halogens is 1. The minimum Gasteiger partial charge on any atom is -0.493 e. The third-order valence-corrected chi connectivity index (χ3v) is 2.64. The third-order valence-electron chi connectivity index (χ3n) is 2.64. The monoisotopic (exact) mass is 264 g/mol. The summed E-state index contributed by atoms with van der Waals surface area (Å²) in [6.45, 7) is 1.22. The summed E-state index contributed by atoms with van der Waals surface area (Å²) in [7, 11) is -1.81. The highest BCUT2D eigenvalue weighted by Crippen LogP contribution is 2.11. The molecular weight excluding hydrogens is 250 g/mol. The number of rotatable bonds is 6. The number of ether oxygens (including phenoxy) is 1. The van der Waals surface area contributed by atoms with E-state index in [4.69, 9.17) is 14.8 Å². The summed E-state index contributed by atoms with van der Waals surface area (Å²) in [4.78, 5) is 3.92. The Labute approximate surface area is 110 Å². The van der Waals surface area contributed by atoms with E-state index >= 15 is 0 Å². The fraction of sp³-hybridized carbons (Fsp3) is 0.250. The number of hydrogen-bond donors (Lipinski definition) is 2. The number of aryl methyl sites for hydroxylation is 1. The van der Waals surface area contributed by atoms with Crippen LogP contribution in [0, 0.1) is 5.82 Å². The Bertz CT molecular complexity index is 520. The zero-order valence-electron chi connectivity index (χ0n) is 10.2. The van der Waals surface area contributed by atoms with Crippen LogP contribution in [0.1, 0.15) is 6.42 Å². The Morgan fingerprint density at radius 3 is 2.84 bits per heavy atom. The molecule has 7 heteroatoms. The molecule has 0 aliphatic rings. The maximum atomic E-state index is 13.4. The lowest BCUT2D eigenvalue weighted by molar-refractivity contribution is 0.300. The van der Waals surface area contributed by atoms with Gasteiger partial charge in [-0.1, -0.05) is 6.07 Å². The summed E-state index contributed by atoms with van der Waals surface area (Å²) in [5, 5.41) is 17.8. The quantitative estimate of drug-likeness (QED) is 0.576. The molecule has 1 aromatic heterocycles. The van der Waals surface area contributed by atoms with Gasteiger partial charge in [-0.15, -0.1) is 0 Å². The lowest BCUT2D eigenvalue weighted by atomic mass is 9.80. The predicted molar refractivity (Wildman–Crippen MR) is 68.6 cm³/mol. The van der Waals surface area contributed by atoms with E-state index < -0.39 is 12.9 Å². The van der Waals surface area contributed by atoms with Crippen molar-refractivity contribution in [2.45, 2.75) is 13.0 Å². The van der Waals surface area contributed by atoms with Crippen LogP contribution in [0.25, 0.3) is 0 Å². The smallest absolute Gasteiger partial charge is 0.491 e. The first-order valence-electron chi connectivity index (χ1n) is 5.91. The second kappa shape index (κ2) is 6.35. The molecule has 1 aromatic carbocycles. The Balaban J connectivity index is 1.81. The molecular formula is C12H14BFN2O3. The average molecular weight is 264 g/mol. The summed E-state index contributed by atoms with van der Waals surface area (Å²) < 4.78 is 20.7. The van der Waals surface area contributed by atoms with Gasteiger partial charge in [0.1, 0.15) is 11.6 Å². The van der Waals surface area contributed by atoms with Gasteiger partial charge in [-0.05, 0) is 12.5 Å². The Hall–Kier alpha value is -1.86. The molecule has 0 radical (unpaired) electrons. The predicted octanol–water partition coefficient (Wildman–Crippen LogP) is 0.171. The number of benzene rings is 1. The highest BCUT2D eigenvalue weighted by molar-refractivity contribution is 6.58. The van der Waals surface area contributed by atoms with Gasteiger partial charge in [0, 0.05) is 30.5 Å². The molecule has 19 heavy (non-hydrogen) atoms. The van der Waals surface area contributed by atoms with Gasteiger partial charge >= 0.3 is 7.12 Å². The van der Waals surface area contributed by atoms with Crippen LogP contribution in [0.15, 0.2) is 36.9 Å². The van der Waals surface area contributed by atoms with Crippen molar-refractivity contribution in [3.63, 3.8) is 0 Å². The van der Waals surface area contributed by atoms with Crippen LogP contribution in [0.2, 0.25) is 0 Å². The van der Waals surface area contributed by atoms with Gasteiger partial charge in [0.25, 0.3) is 0 Å². The minimum atomic E-state index is -1.81. The first-order chi connectivity index (χ1) is 9.16. The maximum absolute atomic E-state index is 13.4. The molecule has 0 amide bonds. The van der Waals surface area contributed by atoms with Crippen molar-refractivity contribution in [3.05, 3.63) is 42.7 Å². The standard InChI is InChI=1S/C12H14BFN2O3/c14-12-8-10(2-3-11(12)13(17)18)19-7-1-5-16-6-4-15-9-16/h2-4,6,8-9,17-18H,1,5,7H2. The first kappa shape index (κ1) is 13.6. The molecule has 0 unspecified atom stereocenters.